The van der Waals surface area contributed by atoms with Crippen LogP contribution in [-0.2, 0) is 4.74 Å². The number of halogens is 6. The molecule has 0 saturated heterocycles. The van der Waals surface area contributed by atoms with E-state index in [1.165, 1.54) is 0 Å². The monoisotopic (exact) mass is 219 g/mol. The van der Waals surface area contributed by atoms with Crippen molar-refractivity contribution in [3.05, 3.63) is 0 Å². The number of hydrogen-bond donors (Lipinski definition) is 0. The molecule has 9 heteroatoms. The summed E-state index contributed by atoms with van der Waals surface area (Å²) < 4.78 is 61.1. The van der Waals surface area contributed by atoms with Gasteiger partial charge in [-0.1, -0.05) is 23.8 Å². The molecule has 0 aromatic heterocycles. The fraction of sp³-hybridized carbons (Fsp3) is 0.500. The van der Waals surface area contributed by atoms with E-state index in [1.54, 1.807) is 0 Å². The number of methoxy groups -OCH3 is 1. The fourth-order valence-electron chi connectivity index (χ4n) is 0.173. The van der Waals surface area contributed by atoms with E-state index in [0.29, 0.717) is 7.11 Å². The van der Waals surface area contributed by atoms with E-state index < -0.39 is 15.8 Å². The van der Waals surface area contributed by atoms with Crippen molar-refractivity contribution in [1.29, 1.82) is 0 Å². The third-order valence-corrected chi connectivity index (χ3v) is 1.26. The Morgan fingerprint density at radius 1 is 1.27 bits per heavy atom. The van der Waals surface area contributed by atoms with Gasteiger partial charge < -0.3 is 4.74 Å². The van der Waals surface area contributed by atoms with Crippen LogP contribution in [0.2, 0.25) is 0 Å². The average molecular weight is 220 g/mol. The fourth-order valence-corrected chi connectivity index (χ4v) is 0.910. The molecule has 0 fully saturated rings. The molecule has 0 aromatic rings. The van der Waals surface area contributed by atoms with Crippen LogP contribution >= 0.6 is 22.0 Å². The topological polar surface area (TPSA) is 21.6 Å². The van der Waals surface area contributed by atoms with Crippen molar-refractivity contribution in [2.24, 2.45) is 4.40 Å². The lowest BCUT2D eigenvalue weighted by molar-refractivity contribution is 0.359. The Hall–Kier alpha value is -0.240. The molecule has 0 aliphatic heterocycles. The van der Waals surface area contributed by atoms with Gasteiger partial charge in [0, 0.05) is 0 Å². The minimum absolute atomic E-state index is 0.690. The van der Waals surface area contributed by atoms with E-state index in [1.807, 2.05) is 0 Å². The van der Waals surface area contributed by atoms with Gasteiger partial charge in [-0.05, 0) is 11.6 Å². The summed E-state index contributed by atoms with van der Waals surface area (Å²) in [4.78, 5) is 0. The Morgan fingerprint density at radius 2 is 1.64 bits per heavy atom. The molecular formula is C2H3ClF5NOS. The van der Waals surface area contributed by atoms with E-state index in [4.69, 9.17) is 0 Å². The molecule has 0 saturated carbocycles. The van der Waals surface area contributed by atoms with Crippen molar-refractivity contribution in [2.45, 2.75) is 0 Å². The number of rotatable bonds is 1. The van der Waals surface area contributed by atoms with Crippen molar-refractivity contribution >= 4 is 27.4 Å². The minimum Gasteiger partial charge on any atom is -0.472 e. The van der Waals surface area contributed by atoms with Crippen LogP contribution in [0.4, 0.5) is 19.4 Å². The maximum Gasteiger partial charge on any atom is 0.385 e. The molecule has 2 nitrogen and oxygen atoms in total. The Kier molecular flexibility index (Phi) is 1.88. The summed E-state index contributed by atoms with van der Waals surface area (Å²) in [6, 6.07) is 0. The summed E-state index contributed by atoms with van der Waals surface area (Å²) in [7, 11) is -9.10. The molecule has 0 aromatic carbocycles. The first-order valence-electron chi connectivity index (χ1n) is 1.98. The van der Waals surface area contributed by atoms with Gasteiger partial charge in [-0.3, -0.25) is 0 Å². The predicted octanol–water partition coefficient (Wildman–Crippen LogP) is 3.44. The van der Waals surface area contributed by atoms with E-state index in [9.17, 15) is 19.4 Å². The number of nitrogens with zero attached hydrogens (tertiary/aromatic N) is 1. The van der Waals surface area contributed by atoms with E-state index in [2.05, 4.69) is 16.3 Å². The first-order valence-corrected chi connectivity index (χ1v) is 4.27. The highest BCUT2D eigenvalue weighted by Gasteiger charge is 2.64. The van der Waals surface area contributed by atoms with E-state index >= 15 is 0 Å². The maximum atomic E-state index is 11.3. The molecule has 0 bridgehead atoms. The summed E-state index contributed by atoms with van der Waals surface area (Å²) >= 11 is 4.49. The normalized spacial score (nSPS) is 20.5. The summed E-state index contributed by atoms with van der Waals surface area (Å²) in [5, 5.41) is -1.64. The predicted molar refractivity (Wildman–Crippen MR) is 33.4 cm³/mol. The molecule has 0 rings (SSSR count). The van der Waals surface area contributed by atoms with Gasteiger partial charge in [0.2, 0.25) is 0 Å². The maximum absolute atomic E-state index is 11.3. The number of hydrogen-bond acceptors (Lipinski definition) is 2. The molecule has 0 unspecified atom stereocenters. The summed E-state index contributed by atoms with van der Waals surface area (Å²) in [5.41, 5.74) is 0. The van der Waals surface area contributed by atoms with Gasteiger partial charge >= 0.3 is 15.8 Å². The molecule has 0 spiro atoms. The van der Waals surface area contributed by atoms with Gasteiger partial charge in [-0.25, -0.2) is 0 Å². The Morgan fingerprint density at radius 3 is 1.73 bits per heavy atom. The summed E-state index contributed by atoms with van der Waals surface area (Å²) in [6.45, 7) is 0. The highest BCUT2D eigenvalue weighted by molar-refractivity contribution is 8.44. The van der Waals surface area contributed by atoms with Crippen LogP contribution in [0.3, 0.4) is 0 Å². The average Bonchev–Trinajstić information content (AvgIpc) is 1.57. The number of ether oxygens (including phenoxy) is 1. The van der Waals surface area contributed by atoms with Gasteiger partial charge in [0.05, 0.1) is 7.11 Å². The lowest BCUT2D eigenvalue weighted by Gasteiger charge is -2.34. The van der Waals surface area contributed by atoms with Crippen molar-refractivity contribution in [2.75, 3.05) is 7.11 Å². The zero-order valence-corrected chi connectivity index (χ0v) is 6.60. The molecule has 0 amide bonds. The van der Waals surface area contributed by atoms with Crippen molar-refractivity contribution in [3.63, 3.8) is 0 Å². The summed E-state index contributed by atoms with van der Waals surface area (Å²) in [6.07, 6.45) is 0. The highest BCUT2D eigenvalue weighted by atomic mass is 35.5. The summed E-state index contributed by atoms with van der Waals surface area (Å²) in [5.74, 6) is 0. The van der Waals surface area contributed by atoms with Crippen LogP contribution in [0.5, 0.6) is 0 Å². The van der Waals surface area contributed by atoms with Crippen molar-refractivity contribution < 1.29 is 24.2 Å². The Labute approximate surface area is 63.9 Å². The van der Waals surface area contributed by atoms with Crippen LogP contribution in [0.25, 0.3) is 0 Å². The van der Waals surface area contributed by atoms with Gasteiger partial charge in [-0.2, -0.15) is 0 Å². The lowest BCUT2D eigenvalue weighted by atomic mass is 11.4. The third kappa shape index (κ3) is 7.66. The Bertz CT molecular complexity index is 194. The second kappa shape index (κ2) is 1.92. The standard InChI is InChI=1S/C2H3ClF5NOS/c1-10-2(3)9-11(4,5,6,7)8/h1H3/b9-2-. The third-order valence-electron chi connectivity index (χ3n) is 0.413. The van der Waals surface area contributed by atoms with E-state index in [-0.39, 0.29) is 0 Å². The second-order valence-corrected chi connectivity index (χ2v) is 3.84. The molecule has 11 heavy (non-hydrogen) atoms. The van der Waals surface area contributed by atoms with E-state index in [0.717, 1.165) is 4.40 Å². The SMILES string of the molecule is CO/C(Cl)=N\S(F)(F)(F)(F)F. The zero-order valence-electron chi connectivity index (χ0n) is 5.03. The Balaban J connectivity index is 4.91. The molecule has 70 valence electrons. The first-order chi connectivity index (χ1) is 4.43. The smallest absolute Gasteiger partial charge is 0.385 e. The largest absolute Gasteiger partial charge is 0.472 e. The lowest BCUT2D eigenvalue weighted by Crippen LogP contribution is -2.04. The van der Waals surface area contributed by atoms with Gasteiger partial charge in [-0.15, -0.1) is 0 Å². The molecule has 0 N–H and O–H groups in total. The van der Waals surface area contributed by atoms with Crippen LogP contribution in [0.1, 0.15) is 0 Å². The molecule has 0 aliphatic rings. The molecule has 0 aliphatic carbocycles. The molecule has 0 radical (unpaired) electrons. The van der Waals surface area contributed by atoms with Gasteiger partial charge in [0.15, 0.2) is 0 Å². The molecule has 0 heterocycles. The highest BCUT2D eigenvalue weighted by Crippen LogP contribution is 2.99. The minimum atomic E-state index is -9.79. The molecular weight excluding hydrogens is 217 g/mol. The molecule has 0 atom stereocenters. The van der Waals surface area contributed by atoms with Crippen LogP contribution in [0, 0.1) is 0 Å². The first kappa shape index (κ1) is 10.8. The van der Waals surface area contributed by atoms with Crippen molar-refractivity contribution in [1.82, 2.24) is 0 Å². The van der Waals surface area contributed by atoms with Crippen LogP contribution in [0.15, 0.2) is 4.40 Å². The van der Waals surface area contributed by atoms with Crippen molar-refractivity contribution in [3.8, 4) is 0 Å². The zero-order chi connectivity index (χ0) is 9.40. The van der Waals surface area contributed by atoms with Gasteiger partial charge in [0.1, 0.15) is 0 Å². The second-order valence-electron chi connectivity index (χ2n) is 1.48. The van der Waals surface area contributed by atoms with Gasteiger partial charge in [0.25, 0.3) is 0 Å². The van der Waals surface area contributed by atoms with Crippen LogP contribution in [-0.4, -0.2) is 12.5 Å². The quantitative estimate of drug-likeness (QED) is 0.376. The van der Waals surface area contributed by atoms with Crippen LogP contribution < -0.4 is 0 Å².